The number of ether oxygens (including phenoxy) is 1. The molecule has 0 bridgehead atoms. The van der Waals surface area contributed by atoms with E-state index in [4.69, 9.17) is 17.0 Å². The highest BCUT2D eigenvalue weighted by molar-refractivity contribution is 7.80. The Labute approximate surface area is 165 Å². The number of benzene rings is 1. The Bertz CT molecular complexity index is 845. The number of carbonyl (C=O) groups is 1. The van der Waals surface area contributed by atoms with E-state index in [0.29, 0.717) is 28.8 Å². The molecule has 2 heterocycles. The molecule has 0 amide bonds. The van der Waals surface area contributed by atoms with Gasteiger partial charge in [0.1, 0.15) is 4.88 Å². The highest BCUT2D eigenvalue weighted by atomic mass is 32.1. The number of esters is 1. The number of nitro benzene ring substituents is 1. The van der Waals surface area contributed by atoms with Crippen LogP contribution in [0, 0.1) is 10.1 Å². The number of non-ortho nitro benzene ring substituents is 1. The fourth-order valence-corrected chi connectivity index (χ4v) is 3.86. The van der Waals surface area contributed by atoms with Crippen molar-refractivity contribution in [1.82, 2.24) is 4.90 Å². The first-order chi connectivity index (χ1) is 13.0. The highest BCUT2D eigenvalue weighted by Crippen LogP contribution is 2.24. The lowest BCUT2D eigenvalue weighted by Crippen LogP contribution is -2.50. The van der Waals surface area contributed by atoms with Crippen LogP contribution in [0.25, 0.3) is 0 Å². The Morgan fingerprint density at radius 3 is 2.48 bits per heavy atom. The second kappa shape index (κ2) is 8.31. The van der Waals surface area contributed by atoms with E-state index in [1.165, 1.54) is 30.6 Å². The van der Waals surface area contributed by atoms with E-state index < -0.39 is 10.9 Å². The summed E-state index contributed by atoms with van der Waals surface area (Å²) >= 11 is 6.78. The van der Waals surface area contributed by atoms with Crippen molar-refractivity contribution in [2.75, 3.05) is 43.5 Å². The van der Waals surface area contributed by atoms with Gasteiger partial charge in [0.05, 0.1) is 17.7 Å². The molecule has 0 aliphatic carbocycles. The van der Waals surface area contributed by atoms with Crippen molar-refractivity contribution in [2.45, 2.75) is 0 Å². The van der Waals surface area contributed by atoms with E-state index in [2.05, 4.69) is 10.2 Å². The second-order valence-corrected chi connectivity index (χ2v) is 7.14. The molecule has 3 rings (SSSR count). The molecule has 27 heavy (non-hydrogen) atoms. The van der Waals surface area contributed by atoms with Gasteiger partial charge in [-0.15, -0.1) is 11.3 Å². The number of nitrogens with zero attached hydrogens (tertiary/aromatic N) is 3. The number of piperazine rings is 1. The van der Waals surface area contributed by atoms with Crippen LogP contribution in [0.15, 0.2) is 35.7 Å². The molecule has 1 fully saturated rings. The van der Waals surface area contributed by atoms with Crippen LogP contribution in [0.4, 0.5) is 17.1 Å². The number of thiocarbonyl (C=S) groups is 1. The molecule has 8 nitrogen and oxygen atoms in total. The molecular weight excluding hydrogens is 388 g/mol. The summed E-state index contributed by atoms with van der Waals surface area (Å²) in [6, 6.07) is 8.35. The molecule has 1 aliphatic rings. The fourth-order valence-electron chi connectivity index (χ4n) is 2.81. The first-order valence-electron chi connectivity index (χ1n) is 8.20. The summed E-state index contributed by atoms with van der Waals surface area (Å²) in [5.74, 6) is -0.390. The van der Waals surface area contributed by atoms with Crippen LogP contribution in [0.3, 0.4) is 0 Å². The maximum atomic E-state index is 11.8. The molecular formula is C17H18N4O4S2. The zero-order valence-corrected chi connectivity index (χ0v) is 16.2. The van der Waals surface area contributed by atoms with Gasteiger partial charge in [-0.05, 0) is 35.8 Å². The predicted molar refractivity (Wildman–Crippen MR) is 109 cm³/mol. The van der Waals surface area contributed by atoms with Crippen molar-refractivity contribution in [1.29, 1.82) is 0 Å². The van der Waals surface area contributed by atoms with Crippen LogP contribution in [-0.4, -0.2) is 54.2 Å². The van der Waals surface area contributed by atoms with Crippen molar-refractivity contribution in [3.05, 3.63) is 50.7 Å². The number of hydrogen-bond acceptors (Lipinski definition) is 7. The molecule has 142 valence electrons. The topological polar surface area (TPSA) is 88.0 Å². The second-order valence-electron chi connectivity index (χ2n) is 5.83. The van der Waals surface area contributed by atoms with Crippen LogP contribution in [0.5, 0.6) is 0 Å². The molecule has 1 saturated heterocycles. The molecule has 1 aromatic heterocycles. The number of carbonyl (C=O) groups excluding carboxylic acids is 1. The molecule has 10 heteroatoms. The average molecular weight is 406 g/mol. The largest absolute Gasteiger partial charge is 0.465 e. The molecule has 2 aromatic rings. The Hall–Kier alpha value is -2.72. The first-order valence-corrected chi connectivity index (χ1v) is 9.49. The van der Waals surface area contributed by atoms with Gasteiger partial charge in [-0.25, -0.2) is 4.79 Å². The standard InChI is InChI=1S/C17H18N4O4S2/c1-25-16(22)15-14(6-11-27-15)18-17(26)20-9-7-19(8-10-20)12-2-4-13(5-3-12)21(23)24/h2-6,11H,7-10H2,1H3,(H,18,26). The number of anilines is 2. The van der Waals surface area contributed by atoms with Gasteiger partial charge in [-0.2, -0.15) is 0 Å². The zero-order valence-electron chi connectivity index (χ0n) is 14.6. The maximum Gasteiger partial charge on any atom is 0.350 e. The third-order valence-electron chi connectivity index (χ3n) is 4.27. The van der Waals surface area contributed by atoms with E-state index in [0.717, 1.165) is 18.8 Å². The summed E-state index contributed by atoms with van der Waals surface area (Å²) in [5.41, 5.74) is 1.68. The van der Waals surface area contributed by atoms with Crippen molar-refractivity contribution in [3.63, 3.8) is 0 Å². The minimum absolute atomic E-state index is 0.0833. The summed E-state index contributed by atoms with van der Waals surface area (Å²) in [5, 5.41) is 16.2. The van der Waals surface area contributed by atoms with Gasteiger partial charge in [0, 0.05) is 44.0 Å². The molecule has 1 aromatic carbocycles. The fraction of sp³-hybridized carbons (Fsp3) is 0.294. The van der Waals surface area contributed by atoms with Gasteiger partial charge in [-0.3, -0.25) is 10.1 Å². The molecule has 0 saturated carbocycles. The van der Waals surface area contributed by atoms with Crippen LogP contribution in [0.1, 0.15) is 9.67 Å². The predicted octanol–water partition coefficient (Wildman–Crippen LogP) is 2.96. The minimum Gasteiger partial charge on any atom is -0.465 e. The van der Waals surface area contributed by atoms with Crippen LogP contribution in [0.2, 0.25) is 0 Å². The summed E-state index contributed by atoms with van der Waals surface area (Å²) in [6.45, 7) is 2.90. The van der Waals surface area contributed by atoms with E-state index in [1.807, 2.05) is 10.3 Å². The maximum absolute atomic E-state index is 11.8. The monoisotopic (exact) mass is 406 g/mol. The van der Waals surface area contributed by atoms with E-state index >= 15 is 0 Å². The molecule has 0 spiro atoms. The van der Waals surface area contributed by atoms with Gasteiger partial charge in [0.25, 0.3) is 5.69 Å². The van der Waals surface area contributed by atoms with E-state index in [-0.39, 0.29) is 5.69 Å². The minimum atomic E-state index is -0.404. The lowest BCUT2D eigenvalue weighted by atomic mass is 10.2. The van der Waals surface area contributed by atoms with Crippen LogP contribution >= 0.6 is 23.6 Å². The number of hydrogen-bond donors (Lipinski definition) is 1. The molecule has 0 radical (unpaired) electrons. The summed E-state index contributed by atoms with van der Waals surface area (Å²) < 4.78 is 4.77. The van der Waals surface area contributed by atoms with Gasteiger partial charge in [0.15, 0.2) is 5.11 Å². The molecule has 0 unspecified atom stereocenters. The quantitative estimate of drug-likeness (QED) is 0.359. The van der Waals surface area contributed by atoms with Gasteiger partial charge in [0.2, 0.25) is 0 Å². The Balaban J connectivity index is 1.57. The van der Waals surface area contributed by atoms with Crippen molar-refractivity contribution in [3.8, 4) is 0 Å². The highest BCUT2D eigenvalue weighted by Gasteiger charge is 2.21. The Morgan fingerprint density at radius 1 is 1.22 bits per heavy atom. The normalized spacial score (nSPS) is 14.0. The van der Waals surface area contributed by atoms with Gasteiger partial charge >= 0.3 is 5.97 Å². The average Bonchev–Trinajstić information content (AvgIpc) is 3.15. The number of rotatable bonds is 4. The Morgan fingerprint density at radius 2 is 1.89 bits per heavy atom. The molecule has 0 atom stereocenters. The Kier molecular flexibility index (Phi) is 5.87. The summed E-state index contributed by atoms with van der Waals surface area (Å²) in [6.07, 6.45) is 0. The summed E-state index contributed by atoms with van der Waals surface area (Å²) in [4.78, 5) is 26.8. The SMILES string of the molecule is COC(=O)c1sccc1NC(=S)N1CCN(c2ccc([N+](=O)[O-])cc2)CC1. The lowest BCUT2D eigenvalue weighted by Gasteiger charge is -2.37. The number of nitrogens with one attached hydrogen (secondary N) is 1. The molecule has 1 aliphatic heterocycles. The smallest absolute Gasteiger partial charge is 0.350 e. The lowest BCUT2D eigenvalue weighted by molar-refractivity contribution is -0.384. The number of nitro groups is 1. The van der Waals surface area contributed by atoms with Crippen LogP contribution in [-0.2, 0) is 4.74 Å². The van der Waals surface area contributed by atoms with Gasteiger partial charge < -0.3 is 19.9 Å². The summed E-state index contributed by atoms with van der Waals surface area (Å²) in [7, 11) is 1.35. The van der Waals surface area contributed by atoms with Gasteiger partial charge in [-0.1, -0.05) is 0 Å². The van der Waals surface area contributed by atoms with Crippen LogP contribution < -0.4 is 10.2 Å². The molecule has 1 N–H and O–H groups in total. The number of thiophene rings is 1. The number of methoxy groups -OCH3 is 1. The van der Waals surface area contributed by atoms with Crippen molar-refractivity contribution in [2.24, 2.45) is 0 Å². The third kappa shape index (κ3) is 4.34. The van der Waals surface area contributed by atoms with E-state index in [1.54, 1.807) is 18.2 Å². The van der Waals surface area contributed by atoms with Crippen molar-refractivity contribution >= 4 is 51.7 Å². The zero-order chi connectivity index (χ0) is 19.4. The van der Waals surface area contributed by atoms with Crippen molar-refractivity contribution < 1.29 is 14.5 Å². The van der Waals surface area contributed by atoms with E-state index in [9.17, 15) is 14.9 Å². The third-order valence-corrected chi connectivity index (χ3v) is 5.52. The first kappa shape index (κ1) is 19.1.